The minimum Gasteiger partial charge on any atom is -0.490 e. The molecule has 1 fully saturated rings. The van der Waals surface area contributed by atoms with Crippen molar-refractivity contribution in [1.82, 2.24) is 15.0 Å². The normalized spacial score (nSPS) is 15.2. The summed E-state index contributed by atoms with van der Waals surface area (Å²) in [6, 6.07) is 15.6. The third-order valence-corrected chi connectivity index (χ3v) is 4.83. The van der Waals surface area contributed by atoms with Crippen molar-refractivity contribution in [2.24, 2.45) is 0 Å². The van der Waals surface area contributed by atoms with Gasteiger partial charge in [-0.3, -0.25) is 4.79 Å². The first-order valence-electron chi connectivity index (χ1n) is 9.42. The van der Waals surface area contributed by atoms with Gasteiger partial charge in [0.2, 0.25) is 5.82 Å². The molecule has 2 aromatic carbocycles. The van der Waals surface area contributed by atoms with Gasteiger partial charge in [0, 0.05) is 37.1 Å². The number of halogens is 3. The molecule has 1 saturated heterocycles. The van der Waals surface area contributed by atoms with Crippen LogP contribution >= 0.6 is 0 Å². The lowest BCUT2D eigenvalue weighted by Crippen LogP contribution is -2.41. The van der Waals surface area contributed by atoms with E-state index in [-0.39, 0.29) is 17.8 Å². The van der Waals surface area contributed by atoms with Crippen LogP contribution in [0.3, 0.4) is 0 Å². The number of carbonyl (C=O) groups excluding carboxylic acids is 1. The molecule has 4 rings (SSSR count). The molecule has 3 aromatic rings. The number of aromatic nitrogens is 2. The molecule has 9 heteroatoms. The molecule has 0 atom stereocenters. The second kappa shape index (κ2) is 8.17. The Labute approximate surface area is 170 Å². The summed E-state index contributed by atoms with van der Waals surface area (Å²) in [5, 5.41) is 3.36. The highest BCUT2D eigenvalue weighted by atomic mass is 19.4. The molecule has 0 saturated carbocycles. The third-order valence-electron chi connectivity index (χ3n) is 4.83. The Morgan fingerprint density at radius 3 is 2.30 bits per heavy atom. The van der Waals surface area contributed by atoms with Crippen molar-refractivity contribution in [1.29, 1.82) is 0 Å². The number of amides is 1. The van der Waals surface area contributed by atoms with Gasteiger partial charge in [-0.1, -0.05) is 23.4 Å². The van der Waals surface area contributed by atoms with Gasteiger partial charge in [0.15, 0.2) is 0 Å². The van der Waals surface area contributed by atoms with Crippen LogP contribution in [0.15, 0.2) is 59.1 Å². The van der Waals surface area contributed by atoms with Gasteiger partial charge in [-0.25, -0.2) is 0 Å². The van der Waals surface area contributed by atoms with Crippen molar-refractivity contribution in [3.63, 3.8) is 0 Å². The van der Waals surface area contributed by atoms with Gasteiger partial charge < -0.3 is 14.2 Å². The predicted molar refractivity (Wildman–Crippen MR) is 101 cm³/mol. The van der Waals surface area contributed by atoms with E-state index in [4.69, 9.17) is 4.74 Å². The van der Waals surface area contributed by atoms with Crippen LogP contribution < -0.4 is 4.74 Å². The number of carbonyl (C=O) groups is 1. The number of ether oxygens (including phenoxy) is 1. The Balaban J connectivity index is 1.32. The van der Waals surface area contributed by atoms with Gasteiger partial charge in [0.05, 0.1) is 0 Å². The number of benzene rings is 2. The van der Waals surface area contributed by atoms with Crippen LogP contribution in [-0.4, -0.2) is 40.1 Å². The Morgan fingerprint density at radius 1 is 1.03 bits per heavy atom. The average molecular weight is 417 g/mol. The lowest BCUT2D eigenvalue weighted by Gasteiger charge is -2.32. The highest BCUT2D eigenvalue weighted by Gasteiger charge is 2.38. The van der Waals surface area contributed by atoms with E-state index in [1.807, 2.05) is 23.1 Å². The third kappa shape index (κ3) is 4.45. The molecule has 0 unspecified atom stereocenters. The molecule has 6 nitrogen and oxygen atoms in total. The summed E-state index contributed by atoms with van der Waals surface area (Å²) in [4.78, 5) is 17.7. The average Bonchev–Trinajstić information content (AvgIpc) is 3.26. The van der Waals surface area contributed by atoms with Crippen LogP contribution in [0.4, 0.5) is 13.2 Å². The molecule has 0 spiro atoms. The molecule has 0 N–H and O–H groups in total. The predicted octanol–water partition coefficient (Wildman–Crippen LogP) is 4.44. The van der Waals surface area contributed by atoms with Gasteiger partial charge >= 0.3 is 12.1 Å². The smallest absolute Gasteiger partial charge is 0.471 e. The van der Waals surface area contributed by atoms with Crippen molar-refractivity contribution < 1.29 is 27.2 Å². The van der Waals surface area contributed by atoms with Gasteiger partial charge in [-0.05, 0) is 36.4 Å². The van der Waals surface area contributed by atoms with E-state index in [0.29, 0.717) is 42.8 Å². The number of nitrogens with zero attached hydrogens (tertiary/aromatic N) is 3. The number of likely N-dealkylation sites (tertiary alicyclic amines) is 1. The summed E-state index contributed by atoms with van der Waals surface area (Å²) in [7, 11) is 0. The number of hydrogen-bond acceptors (Lipinski definition) is 5. The molecule has 1 aliphatic heterocycles. The number of rotatable bonds is 4. The van der Waals surface area contributed by atoms with Gasteiger partial charge in [-0.15, -0.1) is 0 Å². The molecule has 2 heterocycles. The van der Waals surface area contributed by atoms with E-state index in [9.17, 15) is 18.0 Å². The Bertz CT molecular complexity index is 996. The SMILES string of the molecule is O=C(c1ccccc1)N1CCC(Oc2ccc(-c3noc(C(F)(F)F)n3)cc2)CC1. The number of hydrogen-bond donors (Lipinski definition) is 0. The molecule has 156 valence electrons. The summed E-state index contributed by atoms with van der Waals surface area (Å²) < 4.78 is 47.9. The monoisotopic (exact) mass is 417 g/mol. The zero-order chi connectivity index (χ0) is 21.1. The second-order valence-electron chi connectivity index (χ2n) is 6.92. The van der Waals surface area contributed by atoms with E-state index in [2.05, 4.69) is 14.7 Å². The van der Waals surface area contributed by atoms with Gasteiger partial charge in [-0.2, -0.15) is 18.2 Å². The van der Waals surface area contributed by atoms with Crippen LogP contribution in [-0.2, 0) is 6.18 Å². The largest absolute Gasteiger partial charge is 0.490 e. The lowest BCUT2D eigenvalue weighted by atomic mass is 10.1. The van der Waals surface area contributed by atoms with Crippen LogP contribution in [0.25, 0.3) is 11.4 Å². The Hall–Kier alpha value is -3.36. The van der Waals surface area contributed by atoms with Crippen LogP contribution in [0, 0.1) is 0 Å². The van der Waals surface area contributed by atoms with Crippen molar-refractivity contribution in [3.8, 4) is 17.1 Å². The fourth-order valence-electron chi connectivity index (χ4n) is 3.27. The molecule has 1 aliphatic rings. The second-order valence-corrected chi connectivity index (χ2v) is 6.92. The van der Waals surface area contributed by atoms with Crippen molar-refractivity contribution in [2.45, 2.75) is 25.1 Å². The van der Waals surface area contributed by atoms with Crippen molar-refractivity contribution in [2.75, 3.05) is 13.1 Å². The molecule has 0 aliphatic carbocycles. The fraction of sp³-hybridized carbons (Fsp3) is 0.286. The molecule has 0 radical (unpaired) electrons. The minimum atomic E-state index is -4.68. The first-order chi connectivity index (χ1) is 14.4. The number of alkyl halides is 3. The zero-order valence-corrected chi connectivity index (χ0v) is 15.8. The van der Waals surface area contributed by atoms with Gasteiger partial charge in [0.25, 0.3) is 5.91 Å². The van der Waals surface area contributed by atoms with E-state index >= 15 is 0 Å². The molecule has 30 heavy (non-hydrogen) atoms. The highest BCUT2D eigenvalue weighted by Crippen LogP contribution is 2.30. The molecule has 1 amide bonds. The summed E-state index contributed by atoms with van der Waals surface area (Å²) in [5.74, 6) is -0.917. The van der Waals surface area contributed by atoms with E-state index in [1.54, 1.807) is 36.4 Å². The van der Waals surface area contributed by atoms with Crippen molar-refractivity contribution in [3.05, 3.63) is 66.1 Å². The summed E-state index contributed by atoms with van der Waals surface area (Å²) >= 11 is 0. The van der Waals surface area contributed by atoms with Crippen molar-refractivity contribution >= 4 is 5.91 Å². The molecular formula is C21H18F3N3O3. The van der Waals surface area contributed by atoms with Crippen LogP contribution in [0.5, 0.6) is 5.75 Å². The van der Waals surface area contributed by atoms with Crippen LogP contribution in [0.2, 0.25) is 0 Å². The lowest BCUT2D eigenvalue weighted by molar-refractivity contribution is -0.159. The Morgan fingerprint density at radius 2 is 1.70 bits per heavy atom. The maximum atomic E-state index is 12.6. The topological polar surface area (TPSA) is 68.5 Å². The zero-order valence-electron chi connectivity index (χ0n) is 15.8. The molecule has 0 bridgehead atoms. The van der Waals surface area contributed by atoms with Crippen LogP contribution in [0.1, 0.15) is 29.1 Å². The summed E-state index contributed by atoms with van der Waals surface area (Å²) in [5.41, 5.74) is 1.06. The Kier molecular flexibility index (Phi) is 5.43. The summed E-state index contributed by atoms with van der Waals surface area (Å²) in [6.07, 6.45) is -3.33. The first-order valence-corrected chi connectivity index (χ1v) is 9.42. The van der Waals surface area contributed by atoms with E-state index in [0.717, 1.165) is 0 Å². The number of piperidine rings is 1. The summed E-state index contributed by atoms with van der Waals surface area (Å²) in [6.45, 7) is 1.19. The quantitative estimate of drug-likeness (QED) is 0.628. The molecular weight excluding hydrogens is 399 g/mol. The highest BCUT2D eigenvalue weighted by molar-refractivity contribution is 5.94. The van der Waals surface area contributed by atoms with Gasteiger partial charge in [0.1, 0.15) is 11.9 Å². The fourth-order valence-corrected chi connectivity index (χ4v) is 3.27. The maximum Gasteiger partial charge on any atom is 0.471 e. The van der Waals surface area contributed by atoms with E-state index < -0.39 is 12.1 Å². The first kappa shape index (κ1) is 19.9. The molecule has 1 aromatic heterocycles. The standard InChI is InChI=1S/C21H18F3N3O3/c22-21(23,24)20-25-18(26-30-20)14-6-8-16(9-7-14)29-17-10-12-27(13-11-17)19(28)15-4-2-1-3-5-15/h1-9,17H,10-13H2. The minimum absolute atomic E-state index is 0.0109. The van der Waals surface area contributed by atoms with E-state index in [1.165, 1.54) is 0 Å². The maximum absolute atomic E-state index is 12.6.